The molecule has 0 aromatic heterocycles. The van der Waals surface area contributed by atoms with Gasteiger partial charge in [-0.2, -0.15) is 4.58 Å². The first-order valence-corrected chi connectivity index (χ1v) is 1.89. The molecule has 0 aliphatic carbocycles. The van der Waals surface area contributed by atoms with Gasteiger partial charge in [0.15, 0.2) is 0 Å². The van der Waals surface area contributed by atoms with Crippen molar-refractivity contribution in [2.75, 3.05) is 7.05 Å². The first kappa shape index (κ1) is 6.08. The van der Waals surface area contributed by atoms with Crippen LogP contribution in [0.5, 0.6) is 0 Å². The minimum Gasteiger partial charge on any atom is -0.215 e. The van der Waals surface area contributed by atoms with E-state index in [1.807, 2.05) is 0 Å². The van der Waals surface area contributed by atoms with Crippen molar-refractivity contribution in [3.05, 3.63) is 12.7 Å². The van der Waals surface area contributed by atoms with E-state index in [4.69, 9.17) is 0 Å². The van der Waals surface area contributed by atoms with E-state index in [2.05, 4.69) is 13.3 Å². The van der Waals surface area contributed by atoms with Crippen LogP contribution in [-0.4, -0.2) is 24.2 Å². The molecule has 0 bridgehead atoms. The summed E-state index contributed by atoms with van der Waals surface area (Å²) in [5.74, 6) is -0.167. The molecule has 0 radical (unpaired) electrons. The van der Waals surface area contributed by atoms with Crippen LogP contribution in [0.2, 0.25) is 0 Å². The highest BCUT2D eigenvalue weighted by atomic mass is 16.1. The number of hydrogen-bond acceptors (Lipinski definition) is 1. The summed E-state index contributed by atoms with van der Waals surface area (Å²) in [4.78, 5) is 10.3. The lowest BCUT2D eigenvalue weighted by Gasteiger charge is -1.78. The van der Waals surface area contributed by atoms with Crippen LogP contribution in [0.25, 0.3) is 0 Å². The molecule has 38 valence electrons. The van der Waals surface area contributed by atoms with E-state index >= 15 is 0 Å². The standard InChI is InChI=1S/C5H8NO/c1-4-5(7)6(2)3/h4H,1-2H2,3H3/q+1. The van der Waals surface area contributed by atoms with Gasteiger partial charge in [0.05, 0.1) is 0 Å². The van der Waals surface area contributed by atoms with E-state index in [-0.39, 0.29) is 5.91 Å². The Morgan fingerprint density at radius 2 is 2.29 bits per heavy atom. The maximum absolute atomic E-state index is 10.3. The second kappa shape index (κ2) is 2.29. The van der Waals surface area contributed by atoms with Crippen molar-refractivity contribution in [3.63, 3.8) is 0 Å². The number of nitrogens with zero attached hydrogens (tertiary/aromatic N) is 1. The number of carbonyl (C=O) groups is 1. The molecule has 0 aliphatic rings. The van der Waals surface area contributed by atoms with Crippen LogP contribution in [0.3, 0.4) is 0 Å². The third-order valence-corrected chi connectivity index (χ3v) is 0.551. The predicted molar refractivity (Wildman–Crippen MR) is 28.5 cm³/mol. The highest BCUT2D eigenvalue weighted by Crippen LogP contribution is 1.67. The lowest BCUT2D eigenvalue weighted by Crippen LogP contribution is -2.09. The number of rotatable bonds is 1. The molecule has 7 heavy (non-hydrogen) atoms. The number of hydrogen-bond donors (Lipinski definition) is 0. The van der Waals surface area contributed by atoms with Crippen LogP contribution in [-0.2, 0) is 4.79 Å². The maximum atomic E-state index is 10.3. The molecule has 0 spiro atoms. The Hall–Kier alpha value is -0.920. The Bertz CT molecular complexity index is 115. The second-order valence-corrected chi connectivity index (χ2v) is 1.24. The molecule has 0 rings (SSSR count). The fraction of sp³-hybridized carbons (Fsp3) is 0.200. The van der Waals surface area contributed by atoms with Gasteiger partial charge < -0.3 is 0 Å². The molecule has 2 heteroatoms. The summed E-state index contributed by atoms with van der Waals surface area (Å²) in [5.41, 5.74) is 0. The molecular weight excluding hydrogens is 90.1 g/mol. The van der Waals surface area contributed by atoms with E-state index in [1.165, 1.54) is 10.7 Å². The Labute approximate surface area is 42.8 Å². The zero-order valence-electron chi connectivity index (χ0n) is 4.35. The third kappa shape index (κ3) is 1.87. The van der Waals surface area contributed by atoms with Gasteiger partial charge in [0.2, 0.25) is 0 Å². The molecule has 0 atom stereocenters. The van der Waals surface area contributed by atoms with Gasteiger partial charge in [0.25, 0.3) is 0 Å². The van der Waals surface area contributed by atoms with E-state index in [0.717, 1.165) is 0 Å². The number of likely N-dealkylation sites (N-methyl/N-ethyl adjacent to an activating group) is 1. The van der Waals surface area contributed by atoms with Gasteiger partial charge in [-0.25, -0.2) is 4.79 Å². The normalized spacial score (nSPS) is 7.57. The quantitative estimate of drug-likeness (QED) is 0.257. The molecule has 0 aliphatic heterocycles. The molecule has 0 N–H and O–H groups in total. The van der Waals surface area contributed by atoms with Crippen molar-refractivity contribution < 1.29 is 9.37 Å². The molecule has 0 saturated heterocycles. The van der Waals surface area contributed by atoms with Gasteiger partial charge in [0.1, 0.15) is 13.8 Å². The van der Waals surface area contributed by atoms with Crippen molar-refractivity contribution in [2.45, 2.75) is 0 Å². The van der Waals surface area contributed by atoms with Gasteiger partial charge in [-0.15, -0.1) is 0 Å². The average molecular weight is 98.1 g/mol. The number of carbonyl (C=O) groups excluding carboxylic acids is 1. The first-order valence-electron chi connectivity index (χ1n) is 1.89. The molecule has 0 aromatic rings. The Balaban J connectivity index is 3.81. The molecule has 0 aromatic carbocycles. The summed E-state index contributed by atoms with van der Waals surface area (Å²) in [6, 6.07) is 0. The summed E-state index contributed by atoms with van der Waals surface area (Å²) in [5, 5.41) is 0. The number of amides is 1. The fourth-order valence-electron chi connectivity index (χ4n) is 0.156. The Morgan fingerprint density at radius 1 is 1.86 bits per heavy atom. The molecule has 0 saturated carbocycles. The average Bonchev–Trinajstić information content (AvgIpc) is 1.65. The minimum absolute atomic E-state index is 0.167. The van der Waals surface area contributed by atoms with Gasteiger partial charge in [0, 0.05) is 6.08 Å². The summed E-state index contributed by atoms with van der Waals surface area (Å²) in [6.07, 6.45) is 1.22. The SMILES string of the molecule is C=CC(=O)[N+](=C)C. The van der Waals surface area contributed by atoms with Crippen LogP contribution in [0.4, 0.5) is 0 Å². The van der Waals surface area contributed by atoms with Gasteiger partial charge in [-0.1, -0.05) is 6.58 Å². The van der Waals surface area contributed by atoms with Crippen molar-refractivity contribution in [1.82, 2.24) is 0 Å². The molecular formula is C5H8NO+. The summed E-state index contributed by atoms with van der Waals surface area (Å²) >= 11 is 0. The van der Waals surface area contributed by atoms with Crippen LogP contribution in [0.1, 0.15) is 0 Å². The van der Waals surface area contributed by atoms with Gasteiger partial charge >= 0.3 is 5.91 Å². The maximum Gasteiger partial charge on any atom is 0.410 e. The summed E-state index contributed by atoms with van der Waals surface area (Å²) in [6.45, 7) is 6.57. The van der Waals surface area contributed by atoms with Crippen molar-refractivity contribution in [1.29, 1.82) is 0 Å². The Morgan fingerprint density at radius 3 is 2.29 bits per heavy atom. The van der Waals surface area contributed by atoms with Gasteiger partial charge in [-0.05, 0) is 0 Å². The molecule has 1 amide bonds. The highest BCUT2D eigenvalue weighted by molar-refractivity contribution is 5.80. The first-order chi connectivity index (χ1) is 3.18. The van der Waals surface area contributed by atoms with E-state index in [1.54, 1.807) is 7.05 Å². The molecule has 0 fully saturated rings. The highest BCUT2D eigenvalue weighted by Gasteiger charge is 1.98. The Kier molecular flexibility index (Phi) is 1.99. The van der Waals surface area contributed by atoms with Crippen LogP contribution in [0.15, 0.2) is 12.7 Å². The topological polar surface area (TPSA) is 20.1 Å². The molecule has 0 unspecified atom stereocenters. The van der Waals surface area contributed by atoms with Crippen LogP contribution in [0, 0.1) is 0 Å². The van der Waals surface area contributed by atoms with E-state index in [0.29, 0.717) is 0 Å². The third-order valence-electron chi connectivity index (χ3n) is 0.551. The lowest BCUT2D eigenvalue weighted by molar-refractivity contribution is -0.404. The second-order valence-electron chi connectivity index (χ2n) is 1.24. The van der Waals surface area contributed by atoms with E-state index in [9.17, 15) is 4.79 Å². The summed E-state index contributed by atoms with van der Waals surface area (Å²) in [7, 11) is 1.57. The zero-order valence-corrected chi connectivity index (χ0v) is 4.35. The van der Waals surface area contributed by atoms with Crippen LogP contribution < -0.4 is 0 Å². The van der Waals surface area contributed by atoms with Crippen LogP contribution >= 0.6 is 0 Å². The summed E-state index contributed by atoms with van der Waals surface area (Å²) < 4.78 is 1.22. The molecule has 2 nitrogen and oxygen atoms in total. The van der Waals surface area contributed by atoms with Crippen molar-refractivity contribution >= 4 is 12.6 Å². The minimum atomic E-state index is -0.167. The zero-order chi connectivity index (χ0) is 5.86. The largest absolute Gasteiger partial charge is 0.410 e. The van der Waals surface area contributed by atoms with Crippen molar-refractivity contribution in [3.8, 4) is 0 Å². The monoisotopic (exact) mass is 98.1 g/mol. The lowest BCUT2D eigenvalue weighted by atomic mass is 10.6. The fourth-order valence-corrected chi connectivity index (χ4v) is 0.156. The molecule has 0 heterocycles. The van der Waals surface area contributed by atoms with Gasteiger partial charge in [-0.3, -0.25) is 0 Å². The smallest absolute Gasteiger partial charge is 0.215 e. The predicted octanol–water partition coefficient (Wildman–Crippen LogP) is 0.0419. The van der Waals surface area contributed by atoms with E-state index < -0.39 is 0 Å². The van der Waals surface area contributed by atoms with Crippen molar-refractivity contribution in [2.24, 2.45) is 0 Å².